The summed E-state index contributed by atoms with van der Waals surface area (Å²) < 4.78 is 2.22. The van der Waals surface area contributed by atoms with Gasteiger partial charge in [-0.2, -0.15) is 5.10 Å². The van der Waals surface area contributed by atoms with Gasteiger partial charge in [0.2, 0.25) is 0 Å². The van der Waals surface area contributed by atoms with E-state index in [0.29, 0.717) is 6.04 Å². The molecule has 2 aliphatic rings. The Morgan fingerprint density at radius 1 is 1.24 bits per heavy atom. The number of aromatic nitrogens is 2. The highest BCUT2D eigenvalue weighted by atomic mass is 15.3. The number of likely N-dealkylation sites (tertiary alicyclic amines) is 1. The van der Waals surface area contributed by atoms with Crippen molar-refractivity contribution in [3.8, 4) is 0 Å². The molecule has 3 rings (SSSR count). The Bertz CT molecular complexity index is 422. The predicted octanol–water partition coefficient (Wildman–Crippen LogP) is 2.82. The van der Waals surface area contributed by atoms with Crippen molar-refractivity contribution in [3.05, 3.63) is 18.0 Å². The second-order valence-corrected chi connectivity index (χ2v) is 6.78. The van der Waals surface area contributed by atoms with Crippen LogP contribution >= 0.6 is 0 Å². The molecule has 118 valence electrons. The standard InChI is InChI=1S/C17H30N4/c1-2-18-12-15-6-5-10-20(13-15)14-16-9-11-21(19-16)17-7-3-4-8-17/h9,11,15,17-18H,2-8,10,12-14H2,1H3. The number of piperidine rings is 1. The van der Waals surface area contributed by atoms with E-state index in [9.17, 15) is 0 Å². The quantitative estimate of drug-likeness (QED) is 0.874. The zero-order valence-electron chi connectivity index (χ0n) is 13.4. The van der Waals surface area contributed by atoms with E-state index < -0.39 is 0 Å². The van der Waals surface area contributed by atoms with Gasteiger partial charge in [0.1, 0.15) is 0 Å². The first-order valence-corrected chi connectivity index (χ1v) is 8.82. The van der Waals surface area contributed by atoms with Crippen LogP contribution in [0.3, 0.4) is 0 Å². The van der Waals surface area contributed by atoms with E-state index in [4.69, 9.17) is 5.10 Å². The van der Waals surface area contributed by atoms with Crippen LogP contribution in [0.15, 0.2) is 12.3 Å². The lowest BCUT2D eigenvalue weighted by Gasteiger charge is -2.32. The second kappa shape index (κ2) is 7.41. The lowest BCUT2D eigenvalue weighted by Crippen LogP contribution is -2.39. The summed E-state index contributed by atoms with van der Waals surface area (Å²) in [5.41, 5.74) is 1.26. The first-order valence-electron chi connectivity index (χ1n) is 8.82. The van der Waals surface area contributed by atoms with Gasteiger partial charge in [-0.1, -0.05) is 19.8 Å². The minimum Gasteiger partial charge on any atom is -0.317 e. The summed E-state index contributed by atoms with van der Waals surface area (Å²) in [4.78, 5) is 2.59. The summed E-state index contributed by atoms with van der Waals surface area (Å²) in [7, 11) is 0. The molecule has 0 bridgehead atoms. The SMILES string of the molecule is CCNCC1CCCN(Cc2ccn(C3CCCC3)n2)C1. The topological polar surface area (TPSA) is 33.1 Å². The van der Waals surface area contributed by atoms with Crippen molar-refractivity contribution in [1.29, 1.82) is 0 Å². The van der Waals surface area contributed by atoms with Gasteiger partial charge in [-0.05, 0) is 57.3 Å². The van der Waals surface area contributed by atoms with Gasteiger partial charge in [-0.3, -0.25) is 9.58 Å². The third-order valence-electron chi connectivity index (χ3n) is 5.03. The molecule has 1 saturated heterocycles. The molecule has 1 atom stereocenters. The lowest BCUT2D eigenvalue weighted by molar-refractivity contribution is 0.163. The molecule has 0 radical (unpaired) electrons. The minimum atomic E-state index is 0.668. The van der Waals surface area contributed by atoms with Gasteiger partial charge in [-0.25, -0.2) is 0 Å². The first-order chi connectivity index (χ1) is 10.3. The summed E-state index contributed by atoms with van der Waals surface area (Å²) in [5.74, 6) is 0.815. The number of nitrogens with one attached hydrogen (secondary N) is 1. The van der Waals surface area contributed by atoms with E-state index in [1.54, 1.807) is 0 Å². The van der Waals surface area contributed by atoms with E-state index in [1.807, 2.05) is 0 Å². The minimum absolute atomic E-state index is 0.668. The van der Waals surface area contributed by atoms with Gasteiger partial charge in [0, 0.05) is 19.3 Å². The second-order valence-electron chi connectivity index (χ2n) is 6.78. The zero-order chi connectivity index (χ0) is 14.5. The normalized spacial score (nSPS) is 24.7. The molecule has 1 saturated carbocycles. The van der Waals surface area contributed by atoms with Crippen LogP contribution in [0.4, 0.5) is 0 Å². The molecular weight excluding hydrogens is 260 g/mol. The molecule has 2 heterocycles. The Kier molecular flexibility index (Phi) is 5.31. The van der Waals surface area contributed by atoms with E-state index in [1.165, 1.54) is 63.9 Å². The van der Waals surface area contributed by atoms with Crippen molar-refractivity contribution in [2.45, 2.75) is 58.0 Å². The third kappa shape index (κ3) is 4.07. The van der Waals surface area contributed by atoms with Crippen LogP contribution in [-0.2, 0) is 6.54 Å². The Labute approximate surface area is 128 Å². The molecule has 21 heavy (non-hydrogen) atoms. The molecule has 1 N–H and O–H groups in total. The summed E-state index contributed by atoms with van der Waals surface area (Å²) in [6.45, 7) is 7.94. The molecule has 1 aromatic rings. The van der Waals surface area contributed by atoms with Crippen molar-refractivity contribution in [2.24, 2.45) is 5.92 Å². The molecular formula is C17H30N4. The molecule has 4 nitrogen and oxygen atoms in total. The molecule has 1 aromatic heterocycles. The highest BCUT2D eigenvalue weighted by molar-refractivity contribution is 5.00. The van der Waals surface area contributed by atoms with E-state index in [-0.39, 0.29) is 0 Å². The monoisotopic (exact) mass is 290 g/mol. The molecule has 0 aromatic carbocycles. The molecule has 2 fully saturated rings. The van der Waals surface area contributed by atoms with Crippen LogP contribution < -0.4 is 5.32 Å². The van der Waals surface area contributed by atoms with Gasteiger partial charge >= 0.3 is 0 Å². The van der Waals surface area contributed by atoms with E-state index in [2.05, 4.69) is 34.1 Å². The molecule has 1 aliphatic carbocycles. The maximum atomic E-state index is 4.83. The average molecular weight is 290 g/mol. The third-order valence-corrected chi connectivity index (χ3v) is 5.03. The highest BCUT2D eigenvalue weighted by Crippen LogP contribution is 2.29. The van der Waals surface area contributed by atoms with Crippen molar-refractivity contribution in [1.82, 2.24) is 20.0 Å². The Balaban J connectivity index is 1.51. The molecule has 1 aliphatic heterocycles. The van der Waals surface area contributed by atoms with Crippen molar-refractivity contribution < 1.29 is 0 Å². The Morgan fingerprint density at radius 3 is 2.90 bits per heavy atom. The van der Waals surface area contributed by atoms with Crippen LogP contribution in [0.25, 0.3) is 0 Å². The van der Waals surface area contributed by atoms with Crippen LogP contribution in [0.5, 0.6) is 0 Å². The van der Waals surface area contributed by atoms with Crippen molar-refractivity contribution in [3.63, 3.8) is 0 Å². The van der Waals surface area contributed by atoms with Crippen LogP contribution in [0, 0.1) is 5.92 Å². The number of nitrogens with zero attached hydrogens (tertiary/aromatic N) is 3. The van der Waals surface area contributed by atoms with E-state index >= 15 is 0 Å². The maximum absolute atomic E-state index is 4.83. The fraction of sp³-hybridized carbons (Fsp3) is 0.824. The van der Waals surface area contributed by atoms with Gasteiger partial charge in [0.05, 0.1) is 11.7 Å². The Morgan fingerprint density at radius 2 is 2.10 bits per heavy atom. The number of hydrogen-bond donors (Lipinski definition) is 1. The first kappa shape index (κ1) is 15.0. The van der Waals surface area contributed by atoms with Crippen LogP contribution in [-0.4, -0.2) is 40.9 Å². The van der Waals surface area contributed by atoms with Gasteiger partial charge < -0.3 is 5.32 Å². The number of rotatable bonds is 6. The fourth-order valence-electron chi connectivity index (χ4n) is 3.87. The highest BCUT2D eigenvalue weighted by Gasteiger charge is 2.21. The molecule has 1 unspecified atom stereocenters. The van der Waals surface area contributed by atoms with E-state index in [0.717, 1.165) is 19.0 Å². The summed E-state index contributed by atoms with van der Waals surface area (Å²) in [6, 6.07) is 2.90. The zero-order valence-corrected chi connectivity index (χ0v) is 13.4. The van der Waals surface area contributed by atoms with Crippen molar-refractivity contribution in [2.75, 3.05) is 26.2 Å². The molecule has 0 amide bonds. The van der Waals surface area contributed by atoms with Gasteiger partial charge in [-0.15, -0.1) is 0 Å². The molecule has 0 spiro atoms. The van der Waals surface area contributed by atoms with Crippen LogP contribution in [0.1, 0.15) is 57.2 Å². The van der Waals surface area contributed by atoms with Gasteiger partial charge in [0.15, 0.2) is 0 Å². The lowest BCUT2D eigenvalue weighted by atomic mass is 9.98. The summed E-state index contributed by atoms with van der Waals surface area (Å²) in [6.07, 6.45) is 10.3. The van der Waals surface area contributed by atoms with Crippen LogP contribution in [0.2, 0.25) is 0 Å². The fourth-order valence-corrected chi connectivity index (χ4v) is 3.87. The molecule has 4 heteroatoms. The number of hydrogen-bond acceptors (Lipinski definition) is 3. The Hall–Kier alpha value is -0.870. The maximum Gasteiger partial charge on any atom is 0.0764 e. The summed E-state index contributed by atoms with van der Waals surface area (Å²) in [5, 5.41) is 8.33. The largest absolute Gasteiger partial charge is 0.317 e. The smallest absolute Gasteiger partial charge is 0.0764 e. The summed E-state index contributed by atoms with van der Waals surface area (Å²) >= 11 is 0. The van der Waals surface area contributed by atoms with Crippen molar-refractivity contribution >= 4 is 0 Å². The predicted molar refractivity (Wildman–Crippen MR) is 86.3 cm³/mol. The van der Waals surface area contributed by atoms with Gasteiger partial charge in [0.25, 0.3) is 0 Å². The average Bonchev–Trinajstić information content (AvgIpc) is 3.16.